The second kappa shape index (κ2) is 8.05. The van der Waals surface area contributed by atoms with Gasteiger partial charge in [0.15, 0.2) is 0 Å². The summed E-state index contributed by atoms with van der Waals surface area (Å²) in [6, 6.07) is 6.99. The minimum Gasteiger partial charge on any atom is -0.457 e. The lowest BCUT2D eigenvalue weighted by Crippen LogP contribution is -2.58. The Morgan fingerprint density at radius 3 is 2.72 bits per heavy atom. The number of nitrogens with zero attached hydrogens (tertiary/aromatic N) is 1. The van der Waals surface area contributed by atoms with Gasteiger partial charge in [-0.05, 0) is 67.5 Å². The predicted octanol–water partition coefficient (Wildman–Crippen LogP) is 3.91. The second-order valence-electron chi connectivity index (χ2n) is 8.28. The van der Waals surface area contributed by atoms with Gasteiger partial charge in [0.2, 0.25) is 5.76 Å². The molecule has 3 atom stereocenters. The fourth-order valence-corrected chi connectivity index (χ4v) is 5.30. The van der Waals surface area contributed by atoms with Crippen molar-refractivity contribution in [1.29, 1.82) is 0 Å². The van der Waals surface area contributed by atoms with Crippen molar-refractivity contribution < 1.29 is 28.3 Å². The average molecular weight is 499 g/mol. The molecule has 1 aromatic heterocycles. The summed E-state index contributed by atoms with van der Waals surface area (Å²) < 4.78 is 11.1. The van der Waals surface area contributed by atoms with E-state index in [1.54, 1.807) is 24.3 Å². The van der Waals surface area contributed by atoms with Gasteiger partial charge in [0, 0.05) is 16.1 Å². The van der Waals surface area contributed by atoms with Crippen LogP contribution in [0.4, 0.5) is 4.79 Å². The zero-order valence-corrected chi connectivity index (χ0v) is 18.5. The summed E-state index contributed by atoms with van der Waals surface area (Å²) in [6.07, 6.45) is 6.58. The molecular weight excluding hydrogens is 480 g/mol. The SMILES string of the molecule is O=C1NC(=O)N(C2CC3CCC2C3)C(=O)C1=Cc1cc(Br)ccc1OC(=O)c1ccco1. The van der Waals surface area contributed by atoms with Crippen LogP contribution >= 0.6 is 15.9 Å². The first-order valence-electron chi connectivity index (χ1n) is 10.4. The van der Waals surface area contributed by atoms with Gasteiger partial charge in [0.05, 0.1) is 6.26 Å². The van der Waals surface area contributed by atoms with Gasteiger partial charge in [-0.2, -0.15) is 0 Å². The number of hydrogen-bond acceptors (Lipinski definition) is 6. The van der Waals surface area contributed by atoms with Crippen molar-refractivity contribution >= 4 is 45.8 Å². The van der Waals surface area contributed by atoms with Crippen LogP contribution in [0.5, 0.6) is 5.75 Å². The molecule has 3 unspecified atom stereocenters. The van der Waals surface area contributed by atoms with Gasteiger partial charge in [0.1, 0.15) is 11.3 Å². The van der Waals surface area contributed by atoms with Crippen molar-refractivity contribution in [2.45, 2.75) is 31.7 Å². The lowest BCUT2D eigenvalue weighted by molar-refractivity contribution is -0.132. The van der Waals surface area contributed by atoms with Crippen LogP contribution in [0.3, 0.4) is 0 Å². The van der Waals surface area contributed by atoms with Gasteiger partial charge >= 0.3 is 12.0 Å². The van der Waals surface area contributed by atoms with Crippen LogP contribution in [-0.4, -0.2) is 34.8 Å². The summed E-state index contributed by atoms with van der Waals surface area (Å²) in [5.74, 6) is -1.15. The number of carbonyl (C=O) groups excluding carboxylic acids is 4. The molecule has 2 saturated carbocycles. The van der Waals surface area contributed by atoms with E-state index in [1.165, 1.54) is 23.3 Å². The van der Waals surface area contributed by atoms with Crippen molar-refractivity contribution in [3.05, 3.63) is 58.0 Å². The normalized spacial score (nSPS) is 26.0. The number of hydrogen-bond donors (Lipinski definition) is 1. The minimum absolute atomic E-state index is 0.0195. The first kappa shape index (κ1) is 20.7. The molecule has 1 saturated heterocycles. The Balaban J connectivity index is 1.47. The number of barbiturate groups is 1. The highest BCUT2D eigenvalue weighted by Crippen LogP contribution is 2.47. The molecule has 1 aliphatic heterocycles. The molecule has 4 amide bonds. The van der Waals surface area contributed by atoms with Gasteiger partial charge in [-0.3, -0.25) is 19.8 Å². The molecule has 2 heterocycles. The number of esters is 1. The Morgan fingerprint density at radius 2 is 2.03 bits per heavy atom. The molecule has 0 spiro atoms. The molecule has 32 heavy (non-hydrogen) atoms. The van der Waals surface area contributed by atoms with Crippen LogP contribution in [0.25, 0.3) is 6.08 Å². The van der Waals surface area contributed by atoms with E-state index >= 15 is 0 Å². The third kappa shape index (κ3) is 3.66. The summed E-state index contributed by atoms with van der Waals surface area (Å²) in [6.45, 7) is 0. The number of carbonyl (C=O) groups is 4. The maximum Gasteiger partial charge on any atom is 0.379 e. The number of rotatable bonds is 4. The summed E-state index contributed by atoms with van der Waals surface area (Å²) in [5, 5.41) is 2.29. The van der Waals surface area contributed by atoms with Crippen molar-refractivity contribution in [1.82, 2.24) is 10.2 Å². The van der Waals surface area contributed by atoms with Crippen LogP contribution < -0.4 is 10.1 Å². The molecule has 3 fully saturated rings. The standard InChI is InChI=1S/C23H19BrN2O6/c24-15-5-6-18(32-22(29)19-2-1-7-31-19)14(10-15)11-16-20(27)25-23(30)26(21(16)28)17-9-12-3-4-13(17)8-12/h1-2,5-7,10-13,17H,3-4,8-9H2,(H,25,27,30). The molecule has 0 radical (unpaired) electrons. The number of urea groups is 1. The molecule has 8 nitrogen and oxygen atoms in total. The molecule has 2 bridgehead atoms. The Hall–Kier alpha value is -3.20. The minimum atomic E-state index is -0.775. The van der Waals surface area contributed by atoms with Crippen LogP contribution in [0.1, 0.15) is 41.8 Å². The quantitative estimate of drug-likeness (QED) is 0.296. The van der Waals surface area contributed by atoms with Crippen molar-refractivity contribution in [3.63, 3.8) is 0 Å². The zero-order chi connectivity index (χ0) is 22.4. The summed E-state index contributed by atoms with van der Waals surface area (Å²) in [5.41, 5.74) is 0.154. The van der Waals surface area contributed by atoms with E-state index in [2.05, 4.69) is 21.2 Å². The van der Waals surface area contributed by atoms with Crippen molar-refractivity contribution in [2.24, 2.45) is 11.8 Å². The van der Waals surface area contributed by atoms with Crippen LogP contribution in [0.15, 0.2) is 51.1 Å². The molecule has 1 aromatic carbocycles. The smallest absolute Gasteiger partial charge is 0.379 e. The Bertz CT molecular complexity index is 1160. The van der Waals surface area contributed by atoms with E-state index in [-0.39, 0.29) is 29.0 Å². The molecule has 3 aliphatic rings. The van der Waals surface area contributed by atoms with E-state index in [4.69, 9.17) is 9.15 Å². The average Bonchev–Trinajstić information content (AvgIpc) is 3.51. The highest BCUT2D eigenvalue weighted by atomic mass is 79.9. The monoisotopic (exact) mass is 498 g/mol. The number of nitrogens with one attached hydrogen (secondary N) is 1. The van der Waals surface area contributed by atoms with Gasteiger partial charge in [0.25, 0.3) is 11.8 Å². The molecular formula is C23H19BrN2O6. The second-order valence-corrected chi connectivity index (χ2v) is 9.20. The number of fused-ring (bicyclic) bond motifs is 2. The number of halogens is 1. The number of imide groups is 2. The largest absolute Gasteiger partial charge is 0.457 e. The number of amides is 4. The highest BCUT2D eigenvalue weighted by molar-refractivity contribution is 9.10. The topological polar surface area (TPSA) is 106 Å². The molecule has 2 aliphatic carbocycles. The van der Waals surface area contributed by atoms with E-state index in [1.807, 2.05) is 0 Å². The van der Waals surface area contributed by atoms with E-state index in [0.717, 1.165) is 25.7 Å². The molecule has 1 N–H and O–H groups in total. The number of ether oxygens (including phenoxy) is 1. The fraction of sp³-hybridized carbons (Fsp3) is 0.304. The maximum atomic E-state index is 13.3. The third-order valence-electron chi connectivity index (χ3n) is 6.36. The maximum absolute atomic E-state index is 13.3. The number of furan rings is 1. The van der Waals surface area contributed by atoms with Gasteiger partial charge in [-0.1, -0.05) is 22.4 Å². The molecule has 5 rings (SSSR count). The lowest BCUT2D eigenvalue weighted by Gasteiger charge is -2.35. The number of benzene rings is 1. The first-order chi connectivity index (χ1) is 15.4. The highest BCUT2D eigenvalue weighted by Gasteiger charge is 2.49. The van der Waals surface area contributed by atoms with Crippen molar-refractivity contribution in [2.75, 3.05) is 0 Å². The Labute approximate surface area is 191 Å². The fourth-order valence-electron chi connectivity index (χ4n) is 4.93. The van der Waals surface area contributed by atoms with E-state index < -0.39 is 23.8 Å². The lowest BCUT2D eigenvalue weighted by atomic mass is 9.93. The van der Waals surface area contributed by atoms with Gasteiger partial charge < -0.3 is 9.15 Å². The summed E-state index contributed by atoms with van der Waals surface area (Å²) in [4.78, 5) is 51.9. The van der Waals surface area contributed by atoms with Crippen LogP contribution in [-0.2, 0) is 9.59 Å². The van der Waals surface area contributed by atoms with Crippen LogP contribution in [0.2, 0.25) is 0 Å². The molecule has 9 heteroatoms. The Morgan fingerprint density at radius 1 is 1.19 bits per heavy atom. The zero-order valence-electron chi connectivity index (χ0n) is 16.9. The third-order valence-corrected chi connectivity index (χ3v) is 6.86. The summed E-state index contributed by atoms with van der Waals surface area (Å²) >= 11 is 3.36. The Kier molecular flexibility index (Phi) is 5.21. The first-order valence-corrected chi connectivity index (χ1v) is 11.2. The van der Waals surface area contributed by atoms with Crippen molar-refractivity contribution in [3.8, 4) is 5.75 Å². The predicted molar refractivity (Wildman–Crippen MR) is 115 cm³/mol. The van der Waals surface area contributed by atoms with Gasteiger partial charge in [-0.25, -0.2) is 9.59 Å². The van der Waals surface area contributed by atoms with E-state index in [9.17, 15) is 19.2 Å². The molecule has 2 aromatic rings. The molecule has 164 valence electrons. The van der Waals surface area contributed by atoms with Gasteiger partial charge in [-0.15, -0.1) is 0 Å². The van der Waals surface area contributed by atoms with E-state index in [0.29, 0.717) is 16.0 Å². The van der Waals surface area contributed by atoms with Crippen LogP contribution in [0, 0.1) is 11.8 Å². The summed E-state index contributed by atoms with van der Waals surface area (Å²) in [7, 11) is 0.